The Labute approximate surface area is 803 Å². The maximum Gasteiger partial charge on any atom is 0.317 e. The number of hydrogen-bond acceptors (Lipinski definition) is 14. The molecule has 0 heterocycles. The summed E-state index contributed by atoms with van der Waals surface area (Å²) in [4.78, 5) is 65.2. The van der Waals surface area contributed by atoms with Gasteiger partial charge >= 0.3 is 35.8 Å². The number of aliphatic carboxylic acids is 1. The third-order valence-electron chi connectivity index (χ3n) is 18.4. The van der Waals surface area contributed by atoms with Crippen LogP contribution >= 0.6 is 70.4 Å². The monoisotopic (exact) mass is 2100 g/mol. The Bertz CT molecular complexity index is 6120. The van der Waals surface area contributed by atoms with Crippen LogP contribution in [0.4, 0.5) is 30.7 Å². The van der Waals surface area contributed by atoms with Crippen molar-refractivity contribution in [3.63, 3.8) is 0 Å². The molecule has 684 valence electrons. The zero-order valence-electron chi connectivity index (χ0n) is 70.8. The fraction of sp³-hybridized carbons (Fsp3) is 0.189. The first-order valence-electron chi connectivity index (χ1n) is 39.8. The van der Waals surface area contributed by atoms with Gasteiger partial charge in [0.15, 0.2) is 34.9 Å². The topological polar surface area (TPSA) is 237 Å². The largest absolute Gasteiger partial charge is 0.508 e. The first-order valence-corrected chi connectivity index (χ1v) is 43.3. The average molecular weight is 2100 g/mol. The van der Waals surface area contributed by atoms with E-state index >= 15 is 0 Å². The first kappa shape index (κ1) is 111. The molecular weight excluding hydrogens is 2010 g/mol. The highest BCUT2D eigenvalue weighted by molar-refractivity contribution is 14.1. The number of fused-ring (bicyclic) bond motifs is 2. The van der Waals surface area contributed by atoms with Crippen LogP contribution in [-0.2, 0) is 73.4 Å². The molecular formula is C106H95Br3F7IN2O13. The minimum Gasteiger partial charge on any atom is -0.508 e. The molecule has 132 heavy (non-hydrogen) atoms. The number of terminal acetylenes is 1. The van der Waals surface area contributed by atoms with E-state index in [-0.39, 0.29) is 81.3 Å². The lowest BCUT2D eigenvalue weighted by Crippen LogP contribution is -2.08. The first-order chi connectivity index (χ1) is 62.4. The molecule has 13 aromatic carbocycles. The van der Waals surface area contributed by atoms with Crippen LogP contribution in [0.2, 0.25) is 0 Å². The standard InChI is InChI=1S/C27H18F3NO2.C17H16F2O2.C16H14F2O2.C11H13BrO2.C11H9BrO2.C11H7NO.C6H4BrI.C5H6O2.2CH4/c28-24-11-8-21(15-26(24)30)23-10-5-17(13-25(23)29)2-1-3-27(32)33-22-9-7-19-12-18(16-31)4-6-20(19)14-22;1-21-17(20)4-2-3-12-5-7-13(8-6-12)14-9-10-15(18)16(19)11-14;17-14-9-8-13(10-15(14)18)12-6-4-11(5-7-12)2-1-3-16(19)20;2*1-14-11(13)4-2-3-9-5-7-10(12)8-6-9;12-7-8-1-2-10-6-11(13)4-3-9(10)5-8;7-5-1-3-6(8)4-2-5;1-3-4-5(6)7-2;;/h4-15H,1-3H2;5-11H,2-4H2,1H3;4-10H,1-3H2,(H,19,20);5-8H,2-4H2,1H3;5-8H,4H2,1H3;1-6,13H;1-4H;1H,4H2,2H3;2*1H4. The molecule has 26 heteroatoms. The quantitative estimate of drug-likeness (QED) is 0.0160. The van der Waals surface area contributed by atoms with Crippen molar-refractivity contribution < 1.29 is 93.4 Å². The summed E-state index contributed by atoms with van der Waals surface area (Å²) in [5.41, 5.74) is 9.42. The van der Waals surface area contributed by atoms with Gasteiger partial charge in [-0.2, -0.15) is 10.5 Å². The van der Waals surface area contributed by atoms with Gasteiger partial charge in [0.2, 0.25) is 0 Å². The molecule has 0 atom stereocenters. The van der Waals surface area contributed by atoms with Crippen LogP contribution in [0.1, 0.15) is 118 Å². The van der Waals surface area contributed by atoms with Crippen LogP contribution in [0.3, 0.4) is 0 Å². The van der Waals surface area contributed by atoms with Crippen molar-refractivity contribution in [1.82, 2.24) is 0 Å². The molecule has 0 unspecified atom stereocenters. The van der Waals surface area contributed by atoms with Gasteiger partial charge in [0.25, 0.3) is 0 Å². The molecule has 0 saturated carbocycles. The number of phenolic OH excluding ortho intramolecular Hbond substituents is 1. The predicted octanol–water partition coefficient (Wildman–Crippen LogP) is 27.1. The number of aryl methyl sites for hydroxylation is 4. The van der Waals surface area contributed by atoms with Crippen LogP contribution < -0.4 is 4.74 Å². The second kappa shape index (κ2) is 60.6. The van der Waals surface area contributed by atoms with Crippen LogP contribution in [-0.4, -0.2) is 74.5 Å². The van der Waals surface area contributed by atoms with Crippen molar-refractivity contribution in [2.75, 3.05) is 28.4 Å². The molecule has 0 aromatic heterocycles. The van der Waals surface area contributed by atoms with E-state index in [1.54, 1.807) is 78.9 Å². The summed E-state index contributed by atoms with van der Waals surface area (Å²) < 4.78 is 121. The van der Waals surface area contributed by atoms with E-state index in [0.717, 1.165) is 119 Å². The molecule has 0 bridgehead atoms. The molecule has 15 nitrogen and oxygen atoms in total. The van der Waals surface area contributed by atoms with Gasteiger partial charge in [-0.3, -0.25) is 28.8 Å². The maximum atomic E-state index is 14.5. The van der Waals surface area contributed by atoms with Gasteiger partial charge in [-0.05, 0) is 297 Å². The second-order valence-electron chi connectivity index (χ2n) is 27.8. The molecule has 0 saturated heterocycles. The van der Waals surface area contributed by atoms with E-state index in [4.69, 9.17) is 26.8 Å². The molecule has 13 rings (SSSR count). The fourth-order valence-electron chi connectivity index (χ4n) is 11.6. The lowest BCUT2D eigenvalue weighted by Gasteiger charge is -2.08. The zero-order chi connectivity index (χ0) is 94.9. The van der Waals surface area contributed by atoms with E-state index in [1.165, 1.54) is 67.9 Å². The molecule has 0 radical (unpaired) electrons. The Morgan fingerprint density at radius 2 is 0.720 bits per heavy atom. The number of carboxylic acid groups (broad SMARTS) is 1. The number of methoxy groups -OCH3 is 4. The van der Waals surface area contributed by atoms with E-state index < -0.39 is 52.7 Å². The number of ether oxygens (including phenoxy) is 5. The highest BCUT2D eigenvalue weighted by Crippen LogP contribution is 2.30. The van der Waals surface area contributed by atoms with Crippen molar-refractivity contribution >= 4 is 128 Å². The fourth-order valence-corrected chi connectivity index (χ4v) is 12.7. The zero-order valence-corrected chi connectivity index (χ0v) is 77.7. The minimum atomic E-state index is -1.03. The number of halogens is 11. The Hall–Kier alpha value is -13.2. The Morgan fingerprint density at radius 3 is 1.14 bits per heavy atom. The highest BCUT2D eigenvalue weighted by Gasteiger charge is 2.14. The van der Waals surface area contributed by atoms with Gasteiger partial charge < -0.3 is 33.9 Å². The van der Waals surface area contributed by atoms with E-state index in [2.05, 4.69) is 143 Å². The Morgan fingerprint density at radius 1 is 0.364 bits per heavy atom. The SMILES string of the molecule is Brc1ccc(I)cc1.C.C.C#CCC(=O)OC.COC(=O)CC#Cc1ccc(Br)cc1.COC(=O)CCCc1ccc(-c2ccc(F)c(F)c2)cc1.COC(=O)CCCc1ccc(Br)cc1.N#Cc1ccc2cc(O)ccc2c1.N#Cc1ccc2cc(OC(=O)CCCc3ccc(-c4ccc(F)c(F)c4)c(F)c3)ccc2c1.O=C(O)CCCc1ccc(-c2ccc(F)c(F)c2)cc1. The summed E-state index contributed by atoms with van der Waals surface area (Å²) >= 11 is 12.3. The van der Waals surface area contributed by atoms with Crippen LogP contribution in [0.15, 0.2) is 280 Å². The van der Waals surface area contributed by atoms with E-state index in [0.29, 0.717) is 72.1 Å². The number of aromatic hydroxyl groups is 1. The molecule has 0 aliphatic heterocycles. The van der Waals surface area contributed by atoms with Gasteiger partial charge in [-0.1, -0.05) is 196 Å². The highest BCUT2D eigenvalue weighted by atomic mass is 127. The van der Waals surface area contributed by atoms with Gasteiger partial charge in [-0.15, -0.1) is 6.42 Å². The predicted molar refractivity (Wildman–Crippen MR) is 521 cm³/mol. The third-order valence-corrected chi connectivity index (χ3v) is 20.7. The smallest absolute Gasteiger partial charge is 0.317 e. The number of phenols is 1. The number of carbonyl (C=O) groups excluding carboxylic acids is 5. The van der Waals surface area contributed by atoms with Crippen LogP contribution in [0.25, 0.3) is 54.9 Å². The number of esters is 5. The molecule has 0 aliphatic carbocycles. The third kappa shape index (κ3) is 41.7. The van der Waals surface area contributed by atoms with E-state index in [1.807, 2.05) is 103 Å². The van der Waals surface area contributed by atoms with Crippen molar-refractivity contribution in [3.05, 3.63) is 364 Å². The molecule has 0 amide bonds. The van der Waals surface area contributed by atoms with Crippen LogP contribution in [0, 0.1) is 91.1 Å². The summed E-state index contributed by atoms with van der Waals surface area (Å²) in [7, 11) is 5.45. The Balaban J connectivity index is 0.000000329. The summed E-state index contributed by atoms with van der Waals surface area (Å²) in [6, 6.07) is 79.3. The number of hydrogen-bond donors (Lipinski definition) is 2. The van der Waals surface area contributed by atoms with Gasteiger partial charge in [0.1, 0.15) is 30.2 Å². The summed E-state index contributed by atoms with van der Waals surface area (Å²) in [5, 5.41) is 39.0. The van der Waals surface area contributed by atoms with Crippen molar-refractivity contribution in [1.29, 1.82) is 10.5 Å². The van der Waals surface area contributed by atoms with Gasteiger partial charge in [0, 0.05) is 53.8 Å². The summed E-state index contributed by atoms with van der Waals surface area (Å²) in [6.45, 7) is 0. The van der Waals surface area contributed by atoms with Crippen molar-refractivity contribution in [3.8, 4) is 81.2 Å². The van der Waals surface area contributed by atoms with Crippen molar-refractivity contribution in [2.24, 2.45) is 0 Å². The number of benzene rings is 13. The number of rotatable bonds is 22. The van der Waals surface area contributed by atoms with Gasteiger partial charge in [0.05, 0.1) is 51.7 Å². The molecule has 0 aliphatic rings. The minimum absolute atomic E-state index is 0. The summed E-state index contributed by atoms with van der Waals surface area (Å²) in [5.74, 6) is 0.184. The number of carboxylic acids is 1. The number of nitriles is 2. The lowest BCUT2D eigenvalue weighted by molar-refractivity contribution is -0.141. The normalized spacial score (nSPS) is 9.79. The number of nitrogens with zero attached hydrogens (tertiary/aromatic N) is 2. The Kier molecular flexibility index (Phi) is 51.0. The molecule has 0 spiro atoms. The maximum absolute atomic E-state index is 14.5. The molecule has 0 fully saturated rings. The average Bonchev–Trinajstić information content (AvgIpc) is 0.826. The number of carbonyl (C=O) groups is 6. The van der Waals surface area contributed by atoms with Crippen molar-refractivity contribution in [2.45, 2.75) is 105 Å². The molecule has 13 aromatic rings. The molecule has 2 N–H and O–H groups in total. The van der Waals surface area contributed by atoms with E-state index in [9.17, 15) is 64.6 Å². The lowest BCUT2D eigenvalue weighted by atomic mass is 10.0. The van der Waals surface area contributed by atoms with Crippen LogP contribution in [0.5, 0.6) is 11.5 Å². The second-order valence-corrected chi connectivity index (χ2v) is 31.8. The summed E-state index contributed by atoms with van der Waals surface area (Å²) in [6.07, 6.45) is 11.6. The van der Waals surface area contributed by atoms with Gasteiger partial charge in [-0.25, -0.2) is 30.7 Å².